The highest BCUT2D eigenvalue weighted by atomic mass is 32.2. The number of hydrogen-bond donors (Lipinski definition) is 1. The van der Waals surface area contributed by atoms with Crippen molar-refractivity contribution in [3.05, 3.63) is 71.5 Å². The number of para-hydroxylation sites is 1. The number of hydrogen-bond acceptors (Lipinski definition) is 6. The third-order valence-electron chi connectivity index (χ3n) is 4.49. The summed E-state index contributed by atoms with van der Waals surface area (Å²) in [4.78, 5) is 25.6. The van der Waals surface area contributed by atoms with E-state index in [1.165, 1.54) is 28.5 Å². The molecule has 0 aliphatic carbocycles. The van der Waals surface area contributed by atoms with Crippen LogP contribution in [0.15, 0.2) is 76.0 Å². The molecular weight excluding hydrogens is 456 g/mol. The number of amides is 1. The zero-order chi connectivity index (χ0) is 22.7. The smallest absolute Gasteiger partial charge is 0.288 e. The predicted octanol–water partition coefficient (Wildman–Crippen LogP) is 4.28. The van der Waals surface area contributed by atoms with Crippen LogP contribution in [0.4, 0.5) is 14.5 Å². The largest absolute Gasteiger partial charge is 0.325 e. The van der Waals surface area contributed by atoms with E-state index in [1.807, 2.05) is 6.07 Å². The normalized spacial score (nSPS) is 11.3. The van der Waals surface area contributed by atoms with Gasteiger partial charge >= 0.3 is 0 Å². The first kappa shape index (κ1) is 22.0. The first-order valence-corrected chi connectivity index (χ1v) is 11.3. The van der Waals surface area contributed by atoms with E-state index in [9.17, 15) is 18.4 Å². The van der Waals surface area contributed by atoms with Crippen LogP contribution in [0.1, 0.15) is 0 Å². The number of carbonyl (C=O) groups is 1. The fourth-order valence-corrected chi connectivity index (χ4v) is 4.41. The minimum absolute atomic E-state index is 0.0449. The summed E-state index contributed by atoms with van der Waals surface area (Å²) in [6.07, 6.45) is 1.61. The van der Waals surface area contributed by atoms with E-state index in [4.69, 9.17) is 0 Å². The minimum Gasteiger partial charge on any atom is -0.325 e. The molecule has 0 saturated heterocycles. The highest BCUT2D eigenvalue weighted by Gasteiger charge is 2.17. The Morgan fingerprint density at radius 1 is 1.16 bits per heavy atom. The molecule has 1 N–H and O–H groups in total. The molecule has 0 spiro atoms. The number of anilines is 1. The maximum atomic E-state index is 12.8. The van der Waals surface area contributed by atoms with Gasteiger partial charge in [0.15, 0.2) is 5.16 Å². The lowest BCUT2D eigenvalue weighted by molar-refractivity contribution is -0.113. The summed E-state index contributed by atoms with van der Waals surface area (Å²) in [5, 5.41) is 12.0. The lowest BCUT2D eigenvalue weighted by Gasteiger charge is -2.10. The molecule has 0 aliphatic rings. The molecule has 2 heterocycles. The van der Waals surface area contributed by atoms with E-state index in [2.05, 4.69) is 22.1 Å². The summed E-state index contributed by atoms with van der Waals surface area (Å²) in [6.45, 7) is 3.97. The molecule has 4 rings (SSSR count). The fourth-order valence-electron chi connectivity index (χ4n) is 3.17. The Labute approximate surface area is 189 Å². The molecule has 11 heteroatoms. The van der Waals surface area contributed by atoms with Crippen molar-refractivity contribution in [2.24, 2.45) is 0 Å². The summed E-state index contributed by atoms with van der Waals surface area (Å²) in [7, 11) is 0. The minimum atomic E-state index is -2.50. The maximum Gasteiger partial charge on any atom is 0.288 e. The number of alkyl halides is 2. The first-order valence-electron chi connectivity index (χ1n) is 9.43. The van der Waals surface area contributed by atoms with E-state index in [-0.39, 0.29) is 23.8 Å². The molecule has 164 valence electrons. The average molecular weight is 474 g/mol. The number of benzene rings is 2. The van der Waals surface area contributed by atoms with Crippen molar-refractivity contribution >= 4 is 51.8 Å². The summed E-state index contributed by atoms with van der Waals surface area (Å²) < 4.78 is 28.1. The van der Waals surface area contributed by atoms with Crippen LogP contribution in [0.3, 0.4) is 0 Å². The van der Waals surface area contributed by atoms with Crippen LogP contribution in [-0.2, 0) is 11.3 Å². The Morgan fingerprint density at radius 2 is 1.91 bits per heavy atom. The second-order valence-corrected chi connectivity index (χ2v) is 8.59. The van der Waals surface area contributed by atoms with Crippen LogP contribution in [-0.4, -0.2) is 36.6 Å². The molecule has 7 nitrogen and oxygen atoms in total. The van der Waals surface area contributed by atoms with E-state index >= 15 is 0 Å². The third-order valence-corrected chi connectivity index (χ3v) is 6.14. The van der Waals surface area contributed by atoms with Gasteiger partial charge in [-0.25, -0.2) is 0 Å². The van der Waals surface area contributed by atoms with E-state index in [1.54, 1.807) is 40.8 Å². The molecule has 32 heavy (non-hydrogen) atoms. The number of nitrogens with one attached hydrogen (secondary N) is 1. The molecule has 0 bridgehead atoms. The van der Waals surface area contributed by atoms with Gasteiger partial charge in [-0.15, -0.1) is 16.8 Å². The highest BCUT2D eigenvalue weighted by molar-refractivity contribution is 8.00. The summed E-state index contributed by atoms with van der Waals surface area (Å²) in [5.41, 5.74) is 0.960. The number of rotatable bonds is 8. The van der Waals surface area contributed by atoms with Crippen LogP contribution in [0, 0.1) is 0 Å². The first-order chi connectivity index (χ1) is 15.5. The summed E-state index contributed by atoms with van der Waals surface area (Å²) >= 11 is 1.62. The Morgan fingerprint density at radius 3 is 2.62 bits per heavy atom. The number of allylic oxidation sites excluding steroid dienone is 1. The van der Waals surface area contributed by atoms with Crippen molar-refractivity contribution in [2.45, 2.75) is 22.4 Å². The van der Waals surface area contributed by atoms with Gasteiger partial charge in [-0.3, -0.25) is 18.6 Å². The fraction of sp³-hybridized carbons (Fsp3) is 0.143. The van der Waals surface area contributed by atoms with Crippen molar-refractivity contribution in [2.75, 3.05) is 11.1 Å². The molecule has 0 aliphatic heterocycles. The Balaban J connectivity index is 1.55. The standard InChI is InChI=1S/C21H17F2N5O2S2/c1-2-11-27-18(30)15-5-3-4-6-16(15)28-20(27)25-26-21(28)31-12-17(29)24-13-7-9-14(10-8-13)32-19(22)23/h2-10,19H,1,11-12H2,(H,24,29). The van der Waals surface area contributed by atoms with E-state index in [0.29, 0.717) is 44.2 Å². The molecule has 0 atom stereocenters. The predicted molar refractivity (Wildman–Crippen MR) is 123 cm³/mol. The summed E-state index contributed by atoms with van der Waals surface area (Å²) in [5.74, 6) is -2.37. The molecule has 0 unspecified atom stereocenters. The molecule has 0 saturated carbocycles. The van der Waals surface area contributed by atoms with Gasteiger partial charge in [-0.2, -0.15) is 8.78 Å². The SMILES string of the molecule is C=CCn1c(=O)c2ccccc2n2c(SCC(=O)Nc3ccc(SC(F)F)cc3)nnc12. The lowest BCUT2D eigenvalue weighted by atomic mass is 10.2. The molecule has 1 amide bonds. The van der Waals surface area contributed by atoms with Gasteiger partial charge in [0.2, 0.25) is 11.7 Å². The van der Waals surface area contributed by atoms with Crippen molar-refractivity contribution in [1.29, 1.82) is 0 Å². The van der Waals surface area contributed by atoms with Crippen molar-refractivity contribution in [1.82, 2.24) is 19.2 Å². The van der Waals surface area contributed by atoms with Gasteiger partial charge in [0.05, 0.1) is 16.7 Å². The Kier molecular flexibility index (Phi) is 6.56. The van der Waals surface area contributed by atoms with Crippen LogP contribution < -0.4 is 10.9 Å². The number of halogens is 2. The van der Waals surface area contributed by atoms with E-state index < -0.39 is 5.76 Å². The number of nitrogens with zero attached hydrogens (tertiary/aromatic N) is 4. The Bertz CT molecular complexity index is 1350. The molecule has 4 aromatic rings. The average Bonchev–Trinajstić information content (AvgIpc) is 3.20. The van der Waals surface area contributed by atoms with Gasteiger partial charge in [-0.05, 0) is 36.4 Å². The monoisotopic (exact) mass is 473 g/mol. The Hall–Kier alpha value is -3.18. The van der Waals surface area contributed by atoms with Gasteiger partial charge in [-0.1, -0.05) is 41.7 Å². The van der Waals surface area contributed by atoms with Crippen LogP contribution in [0.5, 0.6) is 0 Å². The van der Waals surface area contributed by atoms with Crippen LogP contribution in [0.2, 0.25) is 0 Å². The second-order valence-electron chi connectivity index (χ2n) is 6.58. The molecule has 0 radical (unpaired) electrons. The van der Waals surface area contributed by atoms with Gasteiger partial charge in [0.1, 0.15) is 0 Å². The van der Waals surface area contributed by atoms with Gasteiger partial charge in [0, 0.05) is 17.1 Å². The third kappa shape index (κ3) is 4.53. The molecule has 2 aromatic carbocycles. The second kappa shape index (κ2) is 9.53. The topological polar surface area (TPSA) is 81.3 Å². The highest BCUT2D eigenvalue weighted by Crippen LogP contribution is 2.26. The quantitative estimate of drug-likeness (QED) is 0.304. The molecular formula is C21H17F2N5O2S2. The van der Waals surface area contributed by atoms with Gasteiger partial charge < -0.3 is 5.32 Å². The van der Waals surface area contributed by atoms with Gasteiger partial charge in [0.25, 0.3) is 11.3 Å². The number of thioether (sulfide) groups is 2. The van der Waals surface area contributed by atoms with Crippen molar-refractivity contribution in [3.63, 3.8) is 0 Å². The van der Waals surface area contributed by atoms with Crippen LogP contribution in [0.25, 0.3) is 16.7 Å². The van der Waals surface area contributed by atoms with E-state index in [0.717, 1.165) is 0 Å². The van der Waals surface area contributed by atoms with Crippen molar-refractivity contribution < 1.29 is 13.6 Å². The zero-order valence-electron chi connectivity index (χ0n) is 16.6. The number of aromatic nitrogens is 4. The van der Waals surface area contributed by atoms with Crippen LogP contribution >= 0.6 is 23.5 Å². The number of carbonyl (C=O) groups excluding carboxylic acids is 1. The summed E-state index contributed by atoms with van der Waals surface area (Å²) in [6, 6.07) is 13.3. The number of fused-ring (bicyclic) bond motifs is 3. The molecule has 0 fully saturated rings. The lowest BCUT2D eigenvalue weighted by Crippen LogP contribution is -2.22. The maximum absolute atomic E-state index is 12.8. The molecule has 2 aromatic heterocycles. The zero-order valence-corrected chi connectivity index (χ0v) is 18.2. The van der Waals surface area contributed by atoms with Crippen molar-refractivity contribution in [3.8, 4) is 0 Å².